The topological polar surface area (TPSA) is 41.1 Å². The van der Waals surface area contributed by atoms with Crippen LogP contribution in [0, 0.1) is 5.92 Å². The Morgan fingerprint density at radius 3 is 2.39 bits per heavy atom. The number of carbonyl (C=O) groups is 1. The molecular formula is C14H21BrN2O. The van der Waals surface area contributed by atoms with Crippen molar-refractivity contribution < 1.29 is 4.79 Å². The van der Waals surface area contributed by atoms with Crippen LogP contribution in [0.15, 0.2) is 28.7 Å². The first kappa shape index (κ1) is 15.0. The Labute approximate surface area is 117 Å². The first-order valence-corrected chi connectivity index (χ1v) is 7.08. The van der Waals surface area contributed by atoms with E-state index in [2.05, 4.69) is 40.4 Å². The predicted molar refractivity (Wildman–Crippen MR) is 79.7 cm³/mol. The summed E-state index contributed by atoms with van der Waals surface area (Å²) in [7, 11) is 0. The van der Waals surface area contributed by atoms with Crippen LogP contribution in [0.2, 0.25) is 0 Å². The second kappa shape index (κ2) is 7.41. The molecule has 18 heavy (non-hydrogen) atoms. The lowest BCUT2D eigenvalue weighted by atomic mass is 10.1. The second-order valence-corrected chi connectivity index (χ2v) is 5.76. The van der Waals surface area contributed by atoms with Crippen molar-refractivity contribution >= 4 is 27.5 Å². The van der Waals surface area contributed by atoms with E-state index in [1.807, 2.05) is 31.2 Å². The van der Waals surface area contributed by atoms with Gasteiger partial charge in [0.1, 0.15) is 6.04 Å². The van der Waals surface area contributed by atoms with Gasteiger partial charge in [0.15, 0.2) is 0 Å². The van der Waals surface area contributed by atoms with Gasteiger partial charge in [0.25, 0.3) is 0 Å². The van der Waals surface area contributed by atoms with Crippen molar-refractivity contribution in [2.45, 2.75) is 33.2 Å². The largest absolute Gasteiger partial charge is 0.374 e. The number of hydrogen-bond acceptors (Lipinski definition) is 2. The van der Waals surface area contributed by atoms with E-state index in [-0.39, 0.29) is 11.9 Å². The van der Waals surface area contributed by atoms with Gasteiger partial charge in [0, 0.05) is 16.7 Å². The molecule has 0 heterocycles. The number of rotatable bonds is 6. The normalized spacial score (nSPS) is 12.3. The summed E-state index contributed by atoms with van der Waals surface area (Å²) in [5.41, 5.74) is 0.949. The van der Waals surface area contributed by atoms with Gasteiger partial charge in [-0.15, -0.1) is 0 Å². The van der Waals surface area contributed by atoms with E-state index in [4.69, 9.17) is 0 Å². The van der Waals surface area contributed by atoms with Crippen LogP contribution in [-0.4, -0.2) is 18.5 Å². The summed E-state index contributed by atoms with van der Waals surface area (Å²) in [6.45, 7) is 6.90. The van der Waals surface area contributed by atoms with Crippen LogP contribution in [0.5, 0.6) is 0 Å². The Hall–Kier alpha value is -1.03. The number of benzene rings is 1. The molecular weight excluding hydrogens is 292 g/mol. The van der Waals surface area contributed by atoms with Gasteiger partial charge in [0.2, 0.25) is 5.91 Å². The van der Waals surface area contributed by atoms with Gasteiger partial charge in [-0.05, 0) is 43.5 Å². The summed E-state index contributed by atoms with van der Waals surface area (Å²) < 4.78 is 1.03. The van der Waals surface area contributed by atoms with Crippen LogP contribution in [0.3, 0.4) is 0 Å². The zero-order chi connectivity index (χ0) is 13.5. The van der Waals surface area contributed by atoms with Gasteiger partial charge >= 0.3 is 0 Å². The quantitative estimate of drug-likeness (QED) is 0.845. The molecule has 1 atom stereocenters. The number of hydrogen-bond donors (Lipinski definition) is 2. The molecule has 4 heteroatoms. The van der Waals surface area contributed by atoms with Gasteiger partial charge < -0.3 is 10.6 Å². The monoisotopic (exact) mass is 312 g/mol. The van der Waals surface area contributed by atoms with Crippen LogP contribution in [-0.2, 0) is 4.79 Å². The minimum atomic E-state index is -0.224. The van der Waals surface area contributed by atoms with Crippen LogP contribution in [0.4, 0.5) is 5.69 Å². The lowest BCUT2D eigenvalue weighted by Crippen LogP contribution is -2.38. The maximum atomic E-state index is 11.8. The molecule has 1 unspecified atom stereocenters. The lowest BCUT2D eigenvalue weighted by molar-refractivity contribution is -0.121. The summed E-state index contributed by atoms with van der Waals surface area (Å²) in [5, 5.41) is 6.11. The zero-order valence-corrected chi connectivity index (χ0v) is 12.8. The molecule has 0 fully saturated rings. The highest BCUT2D eigenvalue weighted by Crippen LogP contribution is 2.14. The van der Waals surface area contributed by atoms with Gasteiger partial charge in [-0.2, -0.15) is 0 Å². The molecule has 0 spiro atoms. The Morgan fingerprint density at radius 2 is 1.83 bits per heavy atom. The minimum absolute atomic E-state index is 0.0403. The van der Waals surface area contributed by atoms with Gasteiger partial charge in [-0.3, -0.25) is 4.79 Å². The van der Waals surface area contributed by atoms with Crippen molar-refractivity contribution in [3.63, 3.8) is 0 Å². The van der Waals surface area contributed by atoms with Crippen molar-refractivity contribution in [1.82, 2.24) is 5.32 Å². The average molecular weight is 313 g/mol. The Balaban J connectivity index is 2.37. The number of anilines is 1. The Morgan fingerprint density at radius 1 is 1.22 bits per heavy atom. The van der Waals surface area contributed by atoms with E-state index >= 15 is 0 Å². The number of carbonyl (C=O) groups excluding carboxylic acids is 1. The van der Waals surface area contributed by atoms with Crippen LogP contribution in [0.1, 0.15) is 27.2 Å². The van der Waals surface area contributed by atoms with Gasteiger partial charge in [-0.25, -0.2) is 0 Å². The van der Waals surface area contributed by atoms with Gasteiger partial charge in [0.05, 0.1) is 0 Å². The van der Waals surface area contributed by atoms with Crippen LogP contribution < -0.4 is 10.6 Å². The highest BCUT2D eigenvalue weighted by molar-refractivity contribution is 9.10. The fourth-order valence-electron chi connectivity index (χ4n) is 1.50. The highest BCUT2D eigenvalue weighted by Gasteiger charge is 2.11. The molecule has 1 rings (SSSR count). The summed E-state index contributed by atoms with van der Waals surface area (Å²) >= 11 is 3.38. The SMILES string of the molecule is CC(C)CCNC(=O)C(C)Nc1ccc(Br)cc1. The summed E-state index contributed by atoms with van der Waals surface area (Å²) in [5.74, 6) is 0.651. The first-order valence-electron chi connectivity index (χ1n) is 6.29. The molecule has 100 valence electrons. The molecule has 3 nitrogen and oxygen atoms in total. The first-order chi connectivity index (χ1) is 8.49. The minimum Gasteiger partial charge on any atom is -0.374 e. The number of nitrogens with one attached hydrogen (secondary N) is 2. The summed E-state index contributed by atoms with van der Waals surface area (Å²) in [4.78, 5) is 11.8. The number of amides is 1. The van der Waals surface area contributed by atoms with E-state index in [0.29, 0.717) is 5.92 Å². The third kappa shape index (κ3) is 5.54. The molecule has 0 radical (unpaired) electrons. The molecule has 0 bridgehead atoms. The summed E-state index contributed by atoms with van der Waals surface area (Å²) in [6, 6.07) is 7.57. The van der Waals surface area contributed by atoms with Crippen molar-refractivity contribution in [3.05, 3.63) is 28.7 Å². The molecule has 0 saturated heterocycles. The predicted octanol–water partition coefficient (Wildman–Crippen LogP) is 3.41. The second-order valence-electron chi connectivity index (χ2n) is 4.85. The Bertz CT molecular complexity index is 376. The molecule has 1 aromatic carbocycles. The molecule has 1 amide bonds. The molecule has 0 aliphatic rings. The van der Waals surface area contributed by atoms with E-state index in [9.17, 15) is 4.79 Å². The third-order valence-electron chi connectivity index (χ3n) is 2.64. The average Bonchev–Trinajstić information content (AvgIpc) is 2.31. The molecule has 0 aliphatic carbocycles. The maximum absolute atomic E-state index is 11.8. The van der Waals surface area contributed by atoms with Gasteiger partial charge in [-0.1, -0.05) is 29.8 Å². The molecule has 1 aromatic rings. The maximum Gasteiger partial charge on any atom is 0.242 e. The fraction of sp³-hybridized carbons (Fsp3) is 0.500. The molecule has 0 aromatic heterocycles. The standard InChI is InChI=1S/C14H21BrN2O/c1-10(2)8-9-16-14(18)11(3)17-13-6-4-12(15)5-7-13/h4-7,10-11,17H,8-9H2,1-3H3,(H,16,18). The van der Waals surface area contributed by atoms with Crippen molar-refractivity contribution in [1.29, 1.82) is 0 Å². The smallest absolute Gasteiger partial charge is 0.242 e. The van der Waals surface area contributed by atoms with Crippen LogP contribution in [0.25, 0.3) is 0 Å². The van der Waals surface area contributed by atoms with E-state index in [1.165, 1.54) is 0 Å². The lowest BCUT2D eigenvalue weighted by Gasteiger charge is -2.15. The summed E-state index contributed by atoms with van der Waals surface area (Å²) in [6.07, 6.45) is 1.01. The van der Waals surface area contributed by atoms with Crippen molar-refractivity contribution in [2.75, 3.05) is 11.9 Å². The van der Waals surface area contributed by atoms with E-state index in [1.54, 1.807) is 0 Å². The van der Waals surface area contributed by atoms with Crippen LogP contribution >= 0.6 is 15.9 Å². The van der Waals surface area contributed by atoms with Crippen molar-refractivity contribution in [3.8, 4) is 0 Å². The highest BCUT2D eigenvalue weighted by atomic mass is 79.9. The molecule has 2 N–H and O–H groups in total. The number of halogens is 1. The fourth-order valence-corrected chi connectivity index (χ4v) is 1.76. The molecule has 0 saturated carbocycles. The van der Waals surface area contributed by atoms with Crippen molar-refractivity contribution in [2.24, 2.45) is 5.92 Å². The molecule has 0 aliphatic heterocycles. The Kier molecular flexibility index (Phi) is 6.19. The third-order valence-corrected chi connectivity index (χ3v) is 3.17. The zero-order valence-electron chi connectivity index (χ0n) is 11.2. The van der Waals surface area contributed by atoms with E-state index in [0.717, 1.165) is 23.1 Å². The van der Waals surface area contributed by atoms with E-state index < -0.39 is 0 Å².